The Bertz CT molecular complexity index is 963. The number of phenolic OH excluding ortho intramolecular Hbond substituents is 1. The topological polar surface area (TPSA) is 61.3 Å². The molecule has 1 aliphatic carbocycles. The average molecular weight is 380 g/mol. The Morgan fingerprint density at radius 2 is 1.79 bits per heavy atom. The molecule has 1 aliphatic rings. The van der Waals surface area contributed by atoms with Crippen molar-refractivity contribution >= 4 is 16.7 Å². The summed E-state index contributed by atoms with van der Waals surface area (Å²) in [4.78, 5) is 11.1. The first-order valence-electron chi connectivity index (χ1n) is 9.67. The molecule has 146 valence electrons. The Hall–Kier alpha value is -2.73. The molecular formula is C22H25FN4O. The minimum absolute atomic E-state index is 0.0876. The number of fused-ring (bicyclic) bond motifs is 1. The van der Waals surface area contributed by atoms with Gasteiger partial charge in [0.25, 0.3) is 0 Å². The third-order valence-corrected chi connectivity index (χ3v) is 5.62. The van der Waals surface area contributed by atoms with Crippen molar-refractivity contribution in [1.29, 1.82) is 0 Å². The number of benzene rings is 2. The maximum Gasteiger partial charge on any atom is 0.137 e. The molecular weight excluding hydrogens is 355 g/mol. The molecule has 6 heteroatoms. The lowest BCUT2D eigenvalue weighted by Crippen LogP contribution is -2.36. The molecule has 1 saturated carbocycles. The zero-order valence-corrected chi connectivity index (χ0v) is 16.2. The van der Waals surface area contributed by atoms with Crippen LogP contribution in [-0.2, 0) is 0 Å². The fraction of sp³-hybridized carbons (Fsp3) is 0.364. The fourth-order valence-corrected chi connectivity index (χ4v) is 4.02. The van der Waals surface area contributed by atoms with Crippen molar-refractivity contribution in [3.8, 4) is 16.9 Å². The van der Waals surface area contributed by atoms with Crippen molar-refractivity contribution in [3.63, 3.8) is 0 Å². The second kappa shape index (κ2) is 7.72. The van der Waals surface area contributed by atoms with Crippen LogP contribution in [-0.4, -0.2) is 46.2 Å². The highest BCUT2D eigenvalue weighted by Crippen LogP contribution is 2.31. The maximum atomic E-state index is 13.7. The van der Waals surface area contributed by atoms with Gasteiger partial charge in [-0.05, 0) is 75.2 Å². The van der Waals surface area contributed by atoms with E-state index in [4.69, 9.17) is 0 Å². The van der Waals surface area contributed by atoms with Gasteiger partial charge >= 0.3 is 0 Å². The van der Waals surface area contributed by atoms with Gasteiger partial charge in [0, 0.05) is 23.5 Å². The third-order valence-electron chi connectivity index (χ3n) is 5.62. The minimum atomic E-state index is -0.463. The van der Waals surface area contributed by atoms with Gasteiger partial charge in [-0.2, -0.15) is 0 Å². The Balaban J connectivity index is 1.62. The molecule has 0 atom stereocenters. The zero-order chi connectivity index (χ0) is 19.7. The van der Waals surface area contributed by atoms with E-state index in [9.17, 15) is 9.50 Å². The number of nitrogens with zero attached hydrogens (tertiary/aromatic N) is 3. The summed E-state index contributed by atoms with van der Waals surface area (Å²) in [6.07, 6.45) is 6.12. The van der Waals surface area contributed by atoms with Crippen LogP contribution in [0, 0.1) is 5.82 Å². The molecule has 0 saturated heterocycles. The van der Waals surface area contributed by atoms with Crippen molar-refractivity contribution in [2.45, 2.75) is 37.8 Å². The van der Waals surface area contributed by atoms with Crippen LogP contribution in [0.4, 0.5) is 10.2 Å². The fourth-order valence-electron chi connectivity index (χ4n) is 4.02. The van der Waals surface area contributed by atoms with Gasteiger partial charge in [0.05, 0.1) is 5.52 Å². The first-order chi connectivity index (χ1) is 13.5. The van der Waals surface area contributed by atoms with Gasteiger partial charge < -0.3 is 15.3 Å². The number of aromatic nitrogens is 2. The molecule has 2 N–H and O–H groups in total. The van der Waals surface area contributed by atoms with Crippen molar-refractivity contribution in [1.82, 2.24) is 14.9 Å². The lowest BCUT2D eigenvalue weighted by molar-refractivity contribution is 0.221. The molecule has 5 nitrogen and oxygen atoms in total. The molecule has 1 heterocycles. The van der Waals surface area contributed by atoms with Gasteiger partial charge in [0.1, 0.15) is 23.7 Å². The van der Waals surface area contributed by atoms with Crippen LogP contribution >= 0.6 is 0 Å². The van der Waals surface area contributed by atoms with Crippen LogP contribution in [0.1, 0.15) is 25.7 Å². The zero-order valence-electron chi connectivity index (χ0n) is 16.2. The number of phenols is 1. The average Bonchev–Trinajstić information content (AvgIpc) is 2.67. The van der Waals surface area contributed by atoms with E-state index in [1.54, 1.807) is 12.4 Å². The molecule has 4 rings (SSSR count). The van der Waals surface area contributed by atoms with Gasteiger partial charge in [0.15, 0.2) is 0 Å². The van der Waals surface area contributed by atoms with Crippen LogP contribution in [0.15, 0.2) is 42.7 Å². The van der Waals surface area contributed by atoms with Crippen LogP contribution in [0.25, 0.3) is 22.0 Å². The SMILES string of the molecule is CN(C)C1CCC(Nc2ncnc3ccc(-c4cc(O)cc(F)c4)cc23)CC1. The summed E-state index contributed by atoms with van der Waals surface area (Å²) in [5.41, 5.74) is 2.28. The van der Waals surface area contributed by atoms with Crippen LogP contribution < -0.4 is 5.32 Å². The quantitative estimate of drug-likeness (QED) is 0.701. The van der Waals surface area contributed by atoms with E-state index >= 15 is 0 Å². The van der Waals surface area contributed by atoms with Crippen molar-refractivity contribution in [2.75, 3.05) is 19.4 Å². The molecule has 0 spiro atoms. The highest BCUT2D eigenvalue weighted by atomic mass is 19.1. The lowest BCUT2D eigenvalue weighted by Gasteiger charge is -2.33. The first kappa shape index (κ1) is 18.6. The second-order valence-corrected chi connectivity index (χ2v) is 7.77. The summed E-state index contributed by atoms with van der Waals surface area (Å²) >= 11 is 0. The number of aromatic hydroxyl groups is 1. The number of anilines is 1. The third kappa shape index (κ3) is 3.92. The van der Waals surface area contributed by atoms with Crippen LogP contribution in [0.2, 0.25) is 0 Å². The molecule has 0 amide bonds. The largest absolute Gasteiger partial charge is 0.508 e. The van der Waals surface area contributed by atoms with E-state index in [0.29, 0.717) is 17.6 Å². The molecule has 28 heavy (non-hydrogen) atoms. The summed E-state index contributed by atoms with van der Waals surface area (Å²) in [6, 6.07) is 10.9. The molecule has 2 aromatic carbocycles. The standard InChI is InChI=1S/C22H25FN4O/c1-27(2)18-6-4-17(5-7-18)26-22-20-11-14(3-8-21(20)24-13-25-22)15-9-16(23)12-19(28)10-15/h3,8-13,17-18,28H,4-7H2,1-2H3,(H,24,25,26). The van der Waals surface area contributed by atoms with Crippen molar-refractivity contribution < 1.29 is 9.50 Å². The summed E-state index contributed by atoms with van der Waals surface area (Å²) in [5, 5.41) is 14.2. The smallest absolute Gasteiger partial charge is 0.137 e. The van der Waals surface area contributed by atoms with Crippen LogP contribution in [0.3, 0.4) is 0 Å². The number of halogens is 1. The van der Waals surface area contributed by atoms with Crippen LogP contribution in [0.5, 0.6) is 5.75 Å². The van der Waals surface area contributed by atoms with Gasteiger partial charge in [-0.25, -0.2) is 14.4 Å². The maximum absolute atomic E-state index is 13.7. The van der Waals surface area contributed by atoms with Crippen molar-refractivity contribution in [2.24, 2.45) is 0 Å². The van der Waals surface area contributed by atoms with Gasteiger partial charge in [-0.1, -0.05) is 6.07 Å². The number of hydrogen-bond acceptors (Lipinski definition) is 5. The number of hydrogen-bond donors (Lipinski definition) is 2. The summed E-state index contributed by atoms with van der Waals surface area (Å²) in [5.74, 6) is 0.256. The molecule has 0 radical (unpaired) electrons. The van der Waals surface area contributed by atoms with E-state index in [2.05, 4.69) is 34.3 Å². The van der Waals surface area contributed by atoms with Crippen molar-refractivity contribution in [3.05, 3.63) is 48.5 Å². The Morgan fingerprint density at radius 3 is 2.50 bits per heavy atom. The lowest BCUT2D eigenvalue weighted by atomic mass is 9.90. The van der Waals surface area contributed by atoms with E-state index in [1.165, 1.54) is 18.9 Å². The second-order valence-electron chi connectivity index (χ2n) is 7.77. The van der Waals surface area contributed by atoms with E-state index in [0.717, 1.165) is 41.2 Å². The molecule has 0 unspecified atom stereocenters. The monoisotopic (exact) mass is 380 g/mol. The van der Waals surface area contributed by atoms with Gasteiger partial charge in [-0.15, -0.1) is 0 Å². The predicted octanol–water partition coefficient (Wildman–Crippen LogP) is 4.43. The Kier molecular flexibility index (Phi) is 5.13. The predicted molar refractivity (Wildman–Crippen MR) is 110 cm³/mol. The summed E-state index contributed by atoms with van der Waals surface area (Å²) in [7, 11) is 4.28. The molecule has 0 aliphatic heterocycles. The van der Waals surface area contributed by atoms with E-state index in [1.807, 2.05) is 18.2 Å². The number of rotatable bonds is 4. The molecule has 1 fully saturated rings. The Morgan fingerprint density at radius 1 is 1.00 bits per heavy atom. The molecule has 1 aromatic heterocycles. The molecule has 0 bridgehead atoms. The normalized spacial score (nSPS) is 19.9. The summed E-state index contributed by atoms with van der Waals surface area (Å²) < 4.78 is 13.7. The Labute approximate surface area is 164 Å². The van der Waals surface area contributed by atoms with E-state index < -0.39 is 5.82 Å². The number of nitrogens with one attached hydrogen (secondary N) is 1. The highest BCUT2D eigenvalue weighted by Gasteiger charge is 2.23. The van der Waals surface area contributed by atoms with Gasteiger partial charge in [0.2, 0.25) is 0 Å². The molecule has 3 aromatic rings. The van der Waals surface area contributed by atoms with E-state index in [-0.39, 0.29) is 5.75 Å². The minimum Gasteiger partial charge on any atom is -0.508 e. The van der Waals surface area contributed by atoms with Gasteiger partial charge in [-0.3, -0.25) is 0 Å². The first-order valence-corrected chi connectivity index (χ1v) is 9.67. The summed E-state index contributed by atoms with van der Waals surface area (Å²) in [6.45, 7) is 0. The highest BCUT2D eigenvalue weighted by molar-refractivity contribution is 5.92.